The van der Waals surface area contributed by atoms with E-state index in [1.807, 2.05) is 0 Å². The molecule has 4 heteroatoms. The molecule has 2 rings (SSSR count). The van der Waals surface area contributed by atoms with E-state index in [1.54, 1.807) is 11.3 Å². The van der Waals surface area contributed by atoms with E-state index in [1.165, 1.54) is 30.1 Å². The summed E-state index contributed by atoms with van der Waals surface area (Å²) in [6.45, 7) is 12.6. The molecule has 3 nitrogen and oxygen atoms in total. The number of thiazole rings is 1. The van der Waals surface area contributed by atoms with Gasteiger partial charge in [-0.05, 0) is 45.7 Å². The second-order valence-corrected chi connectivity index (χ2v) is 7.16. The monoisotopic (exact) mass is 295 g/mol. The third kappa shape index (κ3) is 4.03. The molecule has 1 saturated heterocycles. The van der Waals surface area contributed by atoms with Crippen molar-refractivity contribution in [2.24, 2.45) is 5.92 Å². The van der Waals surface area contributed by atoms with Crippen LogP contribution in [0.5, 0.6) is 0 Å². The average Bonchev–Trinajstić information content (AvgIpc) is 2.85. The quantitative estimate of drug-likeness (QED) is 0.874. The first kappa shape index (κ1) is 15.9. The van der Waals surface area contributed by atoms with Crippen LogP contribution in [0.3, 0.4) is 0 Å². The molecule has 114 valence electrons. The summed E-state index contributed by atoms with van der Waals surface area (Å²) in [5.41, 5.74) is 1.26. The zero-order chi connectivity index (χ0) is 14.5. The highest BCUT2D eigenvalue weighted by molar-refractivity contribution is 7.09. The van der Waals surface area contributed by atoms with Crippen LogP contribution in [-0.4, -0.2) is 41.6 Å². The summed E-state index contributed by atoms with van der Waals surface area (Å²) >= 11 is 1.76. The lowest BCUT2D eigenvalue weighted by atomic mass is 9.87. The van der Waals surface area contributed by atoms with E-state index in [4.69, 9.17) is 0 Å². The highest BCUT2D eigenvalue weighted by Crippen LogP contribution is 2.24. The van der Waals surface area contributed by atoms with Crippen molar-refractivity contribution < 1.29 is 0 Å². The van der Waals surface area contributed by atoms with E-state index in [9.17, 15) is 0 Å². The Kier molecular flexibility index (Phi) is 6.00. The van der Waals surface area contributed by atoms with Gasteiger partial charge in [-0.3, -0.25) is 4.90 Å². The maximum atomic E-state index is 4.57. The Morgan fingerprint density at radius 1 is 1.45 bits per heavy atom. The van der Waals surface area contributed by atoms with Gasteiger partial charge in [0.2, 0.25) is 0 Å². The fraction of sp³-hybridized carbons (Fsp3) is 0.812. The molecule has 0 saturated carbocycles. The van der Waals surface area contributed by atoms with Crippen molar-refractivity contribution in [1.29, 1.82) is 0 Å². The maximum absolute atomic E-state index is 4.57. The molecule has 3 atom stereocenters. The topological polar surface area (TPSA) is 28.2 Å². The molecule has 1 aliphatic rings. The molecule has 1 aromatic heterocycles. The number of aromatic nitrogens is 1. The molecule has 0 aromatic carbocycles. The van der Waals surface area contributed by atoms with Gasteiger partial charge in [0, 0.05) is 30.4 Å². The van der Waals surface area contributed by atoms with E-state index in [2.05, 4.69) is 48.3 Å². The number of nitrogens with zero attached hydrogens (tertiary/aromatic N) is 2. The highest BCUT2D eigenvalue weighted by atomic mass is 32.1. The van der Waals surface area contributed by atoms with Crippen LogP contribution in [0.15, 0.2) is 5.38 Å². The Hall–Kier alpha value is -0.450. The van der Waals surface area contributed by atoms with Crippen molar-refractivity contribution in [2.75, 3.05) is 19.6 Å². The molecule has 1 aliphatic heterocycles. The predicted molar refractivity (Wildman–Crippen MR) is 87.5 cm³/mol. The van der Waals surface area contributed by atoms with Gasteiger partial charge in [0.15, 0.2) is 0 Å². The summed E-state index contributed by atoms with van der Waals surface area (Å²) < 4.78 is 0. The molecular weight excluding hydrogens is 266 g/mol. The highest BCUT2D eigenvalue weighted by Gasteiger charge is 2.31. The van der Waals surface area contributed by atoms with Crippen LogP contribution < -0.4 is 5.32 Å². The van der Waals surface area contributed by atoms with Gasteiger partial charge in [0.25, 0.3) is 0 Å². The predicted octanol–water partition coefficient (Wildman–Crippen LogP) is 3.09. The lowest BCUT2D eigenvalue weighted by Gasteiger charge is -2.43. The van der Waals surface area contributed by atoms with Gasteiger partial charge < -0.3 is 5.32 Å². The lowest BCUT2D eigenvalue weighted by Crippen LogP contribution is -2.53. The Bertz CT molecular complexity index is 404. The largest absolute Gasteiger partial charge is 0.314 e. The second-order valence-electron chi connectivity index (χ2n) is 6.09. The Morgan fingerprint density at radius 2 is 2.25 bits per heavy atom. The van der Waals surface area contributed by atoms with Crippen LogP contribution in [0, 0.1) is 12.8 Å². The molecule has 1 N–H and O–H groups in total. The fourth-order valence-electron chi connectivity index (χ4n) is 3.15. The lowest BCUT2D eigenvalue weighted by molar-refractivity contribution is 0.0859. The number of piperidine rings is 1. The number of nitrogens with one attached hydrogen (secondary N) is 1. The second kappa shape index (κ2) is 7.53. The third-order valence-corrected chi connectivity index (χ3v) is 5.50. The molecule has 0 bridgehead atoms. The van der Waals surface area contributed by atoms with Crippen molar-refractivity contribution in [2.45, 2.75) is 59.0 Å². The SMILES string of the molecule is CCCNC1CCN(CCc2csc(C)n2)C(C)C1C. The van der Waals surface area contributed by atoms with Crippen LogP contribution in [0.1, 0.15) is 44.3 Å². The van der Waals surface area contributed by atoms with Crippen LogP contribution in [0.4, 0.5) is 0 Å². The van der Waals surface area contributed by atoms with Crippen LogP contribution >= 0.6 is 11.3 Å². The summed E-state index contributed by atoms with van der Waals surface area (Å²) in [6.07, 6.45) is 3.60. The number of rotatable bonds is 6. The molecule has 0 aliphatic carbocycles. The fourth-order valence-corrected chi connectivity index (χ4v) is 3.80. The Morgan fingerprint density at radius 3 is 2.90 bits per heavy atom. The number of hydrogen-bond donors (Lipinski definition) is 1. The molecular formula is C16H29N3S. The van der Waals surface area contributed by atoms with E-state index < -0.39 is 0 Å². The van der Waals surface area contributed by atoms with Crippen molar-refractivity contribution in [3.63, 3.8) is 0 Å². The minimum atomic E-state index is 0.665. The first-order valence-corrected chi connectivity index (χ1v) is 8.88. The van der Waals surface area contributed by atoms with Gasteiger partial charge in [0.1, 0.15) is 0 Å². The standard InChI is InChI=1S/C16H29N3S/c1-5-8-17-16-7-10-19(13(3)12(16)2)9-6-15-11-20-14(4)18-15/h11-13,16-17H,5-10H2,1-4H3. The Balaban J connectivity index is 1.82. The molecule has 1 aromatic rings. The Labute approximate surface area is 127 Å². The van der Waals surface area contributed by atoms with E-state index in [0.717, 1.165) is 25.4 Å². The van der Waals surface area contributed by atoms with Crippen molar-refractivity contribution in [3.8, 4) is 0 Å². The van der Waals surface area contributed by atoms with Gasteiger partial charge in [-0.15, -0.1) is 11.3 Å². The molecule has 0 amide bonds. The maximum Gasteiger partial charge on any atom is 0.0897 e. The summed E-state index contributed by atoms with van der Waals surface area (Å²) in [5.74, 6) is 0.729. The minimum absolute atomic E-state index is 0.665. The number of aryl methyl sites for hydroxylation is 1. The minimum Gasteiger partial charge on any atom is -0.314 e. The van der Waals surface area contributed by atoms with Crippen molar-refractivity contribution in [3.05, 3.63) is 16.1 Å². The van der Waals surface area contributed by atoms with Gasteiger partial charge in [-0.1, -0.05) is 13.8 Å². The zero-order valence-corrected chi connectivity index (χ0v) is 14.2. The van der Waals surface area contributed by atoms with E-state index in [-0.39, 0.29) is 0 Å². The van der Waals surface area contributed by atoms with Gasteiger partial charge in [-0.2, -0.15) is 0 Å². The molecule has 20 heavy (non-hydrogen) atoms. The number of likely N-dealkylation sites (tertiary alicyclic amines) is 1. The summed E-state index contributed by atoms with van der Waals surface area (Å²) in [6, 6.07) is 1.36. The van der Waals surface area contributed by atoms with Gasteiger partial charge in [-0.25, -0.2) is 4.98 Å². The molecule has 1 fully saturated rings. The molecule has 3 unspecified atom stereocenters. The molecule has 0 spiro atoms. The summed E-state index contributed by atoms with van der Waals surface area (Å²) in [7, 11) is 0. The van der Waals surface area contributed by atoms with Crippen LogP contribution in [0.2, 0.25) is 0 Å². The van der Waals surface area contributed by atoms with Crippen LogP contribution in [-0.2, 0) is 6.42 Å². The summed E-state index contributed by atoms with van der Waals surface area (Å²) in [4.78, 5) is 7.22. The van der Waals surface area contributed by atoms with Gasteiger partial charge >= 0.3 is 0 Å². The zero-order valence-electron chi connectivity index (χ0n) is 13.4. The summed E-state index contributed by atoms with van der Waals surface area (Å²) in [5, 5.41) is 7.10. The average molecular weight is 295 g/mol. The number of hydrogen-bond acceptors (Lipinski definition) is 4. The third-order valence-electron chi connectivity index (χ3n) is 4.68. The molecule has 0 radical (unpaired) electrons. The smallest absolute Gasteiger partial charge is 0.0897 e. The van der Waals surface area contributed by atoms with E-state index in [0.29, 0.717) is 12.1 Å². The van der Waals surface area contributed by atoms with Crippen molar-refractivity contribution in [1.82, 2.24) is 15.2 Å². The van der Waals surface area contributed by atoms with E-state index >= 15 is 0 Å². The first-order chi connectivity index (χ1) is 9.61. The first-order valence-electron chi connectivity index (χ1n) is 8.00. The van der Waals surface area contributed by atoms with Crippen molar-refractivity contribution >= 4 is 11.3 Å². The van der Waals surface area contributed by atoms with Crippen LogP contribution in [0.25, 0.3) is 0 Å². The molecule has 2 heterocycles. The normalized spacial score (nSPS) is 27.9. The van der Waals surface area contributed by atoms with Gasteiger partial charge in [0.05, 0.1) is 10.7 Å².